The fraction of sp³-hybridized carbons (Fsp3) is 0.294. The van der Waals surface area contributed by atoms with E-state index in [2.05, 4.69) is 0 Å². The Morgan fingerprint density at radius 2 is 1.74 bits per heavy atom. The average molecular weight is 333 g/mol. The third-order valence-corrected chi connectivity index (χ3v) is 5.90. The molecule has 1 heterocycles. The van der Waals surface area contributed by atoms with E-state index in [0.29, 0.717) is 11.3 Å². The van der Waals surface area contributed by atoms with Crippen molar-refractivity contribution in [1.29, 1.82) is 0 Å². The Hall–Kier alpha value is -1.89. The van der Waals surface area contributed by atoms with E-state index in [1.54, 1.807) is 50.2 Å². The SMILES string of the molecule is CC1(C)Oc2ccc(S(=O)(=O)c3ccccc3)cc2C(N)C1O. The van der Waals surface area contributed by atoms with Gasteiger partial charge in [0.15, 0.2) is 0 Å². The standard InChI is InChI=1S/C17H19NO4S/c1-17(2)16(19)15(18)13-10-12(8-9-14(13)22-17)23(20,21)11-6-4-3-5-7-11/h3-10,15-16,19H,18H2,1-2H3. The van der Waals surface area contributed by atoms with Gasteiger partial charge in [0.25, 0.3) is 0 Å². The second kappa shape index (κ2) is 5.33. The summed E-state index contributed by atoms with van der Waals surface area (Å²) in [6, 6.07) is 12.1. The highest BCUT2D eigenvalue weighted by molar-refractivity contribution is 7.91. The lowest BCUT2D eigenvalue weighted by atomic mass is 9.87. The van der Waals surface area contributed by atoms with Crippen molar-refractivity contribution >= 4 is 9.84 Å². The first kappa shape index (κ1) is 16.0. The van der Waals surface area contributed by atoms with Crippen LogP contribution < -0.4 is 10.5 Å². The van der Waals surface area contributed by atoms with E-state index in [9.17, 15) is 13.5 Å². The lowest BCUT2D eigenvalue weighted by Crippen LogP contribution is -2.51. The largest absolute Gasteiger partial charge is 0.485 e. The maximum Gasteiger partial charge on any atom is 0.206 e. The van der Waals surface area contributed by atoms with Gasteiger partial charge in [0.1, 0.15) is 17.5 Å². The monoisotopic (exact) mass is 333 g/mol. The maximum atomic E-state index is 12.7. The summed E-state index contributed by atoms with van der Waals surface area (Å²) in [5, 5.41) is 10.3. The average Bonchev–Trinajstić information content (AvgIpc) is 2.53. The molecule has 1 aliphatic rings. The van der Waals surface area contributed by atoms with E-state index in [-0.39, 0.29) is 9.79 Å². The molecule has 0 amide bonds. The molecule has 6 heteroatoms. The third-order valence-electron chi connectivity index (χ3n) is 4.13. The summed E-state index contributed by atoms with van der Waals surface area (Å²) in [5.41, 5.74) is 5.76. The quantitative estimate of drug-likeness (QED) is 0.878. The highest BCUT2D eigenvalue weighted by Gasteiger charge is 2.41. The van der Waals surface area contributed by atoms with Crippen molar-refractivity contribution in [2.24, 2.45) is 5.73 Å². The first-order chi connectivity index (χ1) is 10.7. The minimum atomic E-state index is -3.63. The van der Waals surface area contributed by atoms with Crippen LogP contribution in [0.3, 0.4) is 0 Å². The van der Waals surface area contributed by atoms with E-state index >= 15 is 0 Å². The van der Waals surface area contributed by atoms with Gasteiger partial charge in [-0.3, -0.25) is 0 Å². The highest BCUT2D eigenvalue weighted by Crippen LogP contribution is 2.40. The number of benzene rings is 2. The number of ether oxygens (including phenoxy) is 1. The Kier molecular flexibility index (Phi) is 3.71. The predicted molar refractivity (Wildman–Crippen MR) is 86.0 cm³/mol. The molecule has 122 valence electrons. The van der Waals surface area contributed by atoms with Crippen molar-refractivity contribution in [2.75, 3.05) is 0 Å². The molecule has 23 heavy (non-hydrogen) atoms. The Morgan fingerprint density at radius 1 is 1.09 bits per heavy atom. The van der Waals surface area contributed by atoms with Crippen molar-refractivity contribution in [3.05, 3.63) is 54.1 Å². The van der Waals surface area contributed by atoms with Crippen molar-refractivity contribution in [2.45, 2.75) is 41.4 Å². The fourth-order valence-corrected chi connectivity index (χ4v) is 4.05. The zero-order valence-electron chi connectivity index (χ0n) is 12.9. The molecule has 0 spiro atoms. The molecule has 2 aromatic carbocycles. The van der Waals surface area contributed by atoms with Gasteiger partial charge in [-0.2, -0.15) is 0 Å². The number of sulfone groups is 1. The second-order valence-electron chi connectivity index (χ2n) is 6.19. The molecule has 0 saturated carbocycles. The van der Waals surface area contributed by atoms with E-state index < -0.39 is 27.6 Å². The summed E-state index contributed by atoms with van der Waals surface area (Å²) in [5.74, 6) is 0.500. The number of nitrogens with two attached hydrogens (primary N) is 1. The van der Waals surface area contributed by atoms with Gasteiger partial charge in [0, 0.05) is 5.56 Å². The van der Waals surface area contributed by atoms with E-state index in [4.69, 9.17) is 10.5 Å². The number of hydrogen-bond donors (Lipinski definition) is 2. The van der Waals surface area contributed by atoms with E-state index in [0.717, 1.165) is 0 Å². The molecule has 2 unspecified atom stereocenters. The summed E-state index contributed by atoms with van der Waals surface area (Å²) in [6.07, 6.45) is -0.926. The topological polar surface area (TPSA) is 89.6 Å². The smallest absolute Gasteiger partial charge is 0.206 e. The number of rotatable bonds is 2. The molecule has 0 aromatic heterocycles. The van der Waals surface area contributed by atoms with Crippen LogP contribution in [0.2, 0.25) is 0 Å². The highest BCUT2D eigenvalue weighted by atomic mass is 32.2. The minimum absolute atomic E-state index is 0.133. The number of fused-ring (bicyclic) bond motifs is 1. The molecule has 3 N–H and O–H groups in total. The fourth-order valence-electron chi connectivity index (χ4n) is 2.73. The van der Waals surface area contributed by atoms with Crippen LogP contribution in [-0.4, -0.2) is 25.2 Å². The summed E-state index contributed by atoms with van der Waals surface area (Å²) >= 11 is 0. The summed E-state index contributed by atoms with van der Waals surface area (Å²) in [7, 11) is -3.63. The molecule has 0 fully saturated rings. The lowest BCUT2D eigenvalue weighted by molar-refractivity contribution is -0.0572. The molecular formula is C17H19NO4S. The second-order valence-corrected chi connectivity index (χ2v) is 8.14. The van der Waals surface area contributed by atoms with Gasteiger partial charge in [-0.15, -0.1) is 0 Å². The first-order valence-electron chi connectivity index (χ1n) is 7.30. The Balaban J connectivity index is 2.09. The zero-order valence-corrected chi connectivity index (χ0v) is 13.7. The Labute approximate surface area is 135 Å². The van der Waals surface area contributed by atoms with Crippen LogP contribution in [0.15, 0.2) is 58.3 Å². The van der Waals surface area contributed by atoms with Crippen LogP contribution in [0, 0.1) is 0 Å². The van der Waals surface area contributed by atoms with E-state index in [1.807, 2.05) is 0 Å². The molecule has 0 aliphatic carbocycles. The predicted octanol–water partition coefficient (Wildman–Crippen LogP) is 2.05. The van der Waals surface area contributed by atoms with Crippen LogP contribution in [0.5, 0.6) is 5.75 Å². The molecule has 1 aliphatic heterocycles. The van der Waals surface area contributed by atoms with Gasteiger partial charge in [-0.1, -0.05) is 18.2 Å². The van der Waals surface area contributed by atoms with Gasteiger partial charge in [0.05, 0.1) is 15.8 Å². The van der Waals surface area contributed by atoms with Crippen LogP contribution in [-0.2, 0) is 9.84 Å². The molecule has 0 saturated heterocycles. The van der Waals surface area contributed by atoms with Gasteiger partial charge < -0.3 is 15.6 Å². The van der Waals surface area contributed by atoms with Crippen LogP contribution in [0.1, 0.15) is 25.5 Å². The van der Waals surface area contributed by atoms with Crippen molar-refractivity contribution < 1.29 is 18.3 Å². The molecule has 0 radical (unpaired) electrons. The Morgan fingerprint density at radius 3 is 2.39 bits per heavy atom. The maximum absolute atomic E-state index is 12.7. The number of aliphatic hydroxyl groups excluding tert-OH is 1. The first-order valence-corrected chi connectivity index (χ1v) is 8.78. The zero-order chi connectivity index (χ0) is 16.8. The van der Waals surface area contributed by atoms with Gasteiger partial charge in [-0.25, -0.2) is 8.42 Å². The molecule has 2 aromatic rings. The van der Waals surface area contributed by atoms with Gasteiger partial charge in [-0.05, 0) is 44.2 Å². The number of aliphatic hydroxyl groups is 1. The molecule has 0 bridgehead atoms. The lowest BCUT2D eigenvalue weighted by Gasteiger charge is -2.40. The summed E-state index contributed by atoms with van der Waals surface area (Å²) in [4.78, 5) is 0.347. The summed E-state index contributed by atoms with van der Waals surface area (Å²) in [6.45, 7) is 3.49. The van der Waals surface area contributed by atoms with Crippen molar-refractivity contribution in [1.82, 2.24) is 0 Å². The van der Waals surface area contributed by atoms with Crippen molar-refractivity contribution in [3.63, 3.8) is 0 Å². The van der Waals surface area contributed by atoms with Gasteiger partial charge >= 0.3 is 0 Å². The molecule has 5 nitrogen and oxygen atoms in total. The minimum Gasteiger partial charge on any atom is -0.485 e. The normalized spacial score (nSPS) is 23.0. The van der Waals surface area contributed by atoms with E-state index in [1.165, 1.54) is 12.1 Å². The molecule has 3 rings (SSSR count). The van der Waals surface area contributed by atoms with Crippen LogP contribution in [0.25, 0.3) is 0 Å². The molecular weight excluding hydrogens is 314 g/mol. The van der Waals surface area contributed by atoms with Gasteiger partial charge in [0.2, 0.25) is 9.84 Å². The third kappa shape index (κ3) is 2.63. The Bertz CT molecular complexity index is 831. The van der Waals surface area contributed by atoms with Crippen LogP contribution >= 0.6 is 0 Å². The van der Waals surface area contributed by atoms with Crippen molar-refractivity contribution in [3.8, 4) is 5.75 Å². The molecule has 2 atom stereocenters. The summed E-state index contributed by atoms with van der Waals surface area (Å²) < 4.78 is 31.1. The van der Waals surface area contributed by atoms with Crippen LogP contribution in [0.4, 0.5) is 0 Å². The number of hydrogen-bond acceptors (Lipinski definition) is 5.